The number of likely N-dealkylation sites (tertiary alicyclic amines) is 1. The van der Waals surface area contributed by atoms with Gasteiger partial charge >= 0.3 is 5.97 Å². The Balaban J connectivity index is 1.53. The smallest absolute Gasteiger partial charge is 0.308 e. The zero-order chi connectivity index (χ0) is 21.3. The second-order valence-corrected chi connectivity index (χ2v) is 8.16. The van der Waals surface area contributed by atoms with Gasteiger partial charge in [-0.3, -0.25) is 14.7 Å². The molecule has 0 unspecified atom stereocenters. The summed E-state index contributed by atoms with van der Waals surface area (Å²) in [5.41, 5.74) is 2.70. The maximum Gasteiger partial charge on any atom is 0.308 e. The van der Waals surface area contributed by atoms with Crippen LogP contribution in [0.3, 0.4) is 0 Å². The predicted molar refractivity (Wildman–Crippen MR) is 120 cm³/mol. The molecule has 0 amide bonds. The first-order chi connectivity index (χ1) is 14.6. The summed E-state index contributed by atoms with van der Waals surface area (Å²) in [4.78, 5) is 23.6. The first-order valence-corrected chi connectivity index (χ1v) is 11.2. The molecule has 7 nitrogen and oxygen atoms in total. The fraction of sp³-hybridized carbons (Fsp3) is 0.652. The van der Waals surface area contributed by atoms with Crippen LogP contribution >= 0.6 is 0 Å². The van der Waals surface area contributed by atoms with Crippen LogP contribution in [0, 0.1) is 5.92 Å². The van der Waals surface area contributed by atoms with Gasteiger partial charge in [0, 0.05) is 59.4 Å². The monoisotopic (exact) mass is 415 g/mol. The number of likely N-dealkylation sites (N-methyl/N-ethyl adjacent to an activating group) is 1. The molecule has 2 aliphatic heterocycles. The molecular formula is C23H37N5O2. The van der Waals surface area contributed by atoms with Gasteiger partial charge in [-0.25, -0.2) is 0 Å². The largest absolute Gasteiger partial charge is 0.469 e. The van der Waals surface area contributed by atoms with Gasteiger partial charge in [-0.15, -0.1) is 0 Å². The summed E-state index contributed by atoms with van der Waals surface area (Å²) in [5.74, 6) is 0.828. The quantitative estimate of drug-likeness (QED) is 0.434. The van der Waals surface area contributed by atoms with Crippen molar-refractivity contribution in [1.29, 1.82) is 0 Å². The maximum atomic E-state index is 11.8. The molecule has 0 radical (unpaired) electrons. The highest BCUT2D eigenvalue weighted by Gasteiger charge is 2.27. The second kappa shape index (κ2) is 11.3. The molecule has 0 aliphatic carbocycles. The molecule has 0 atom stereocenters. The van der Waals surface area contributed by atoms with E-state index in [1.165, 1.54) is 18.2 Å². The van der Waals surface area contributed by atoms with Crippen molar-refractivity contribution >= 4 is 11.9 Å². The molecule has 2 aliphatic rings. The van der Waals surface area contributed by atoms with E-state index in [4.69, 9.17) is 4.74 Å². The van der Waals surface area contributed by atoms with Gasteiger partial charge in [-0.2, -0.15) is 0 Å². The van der Waals surface area contributed by atoms with Crippen LogP contribution < -0.4 is 5.32 Å². The lowest BCUT2D eigenvalue weighted by molar-refractivity contribution is -0.146. The highest BCUT2D eigenvalue weighted by molar-refractivity contribution is 5.80. The van der Waals surface area contributed by atoms with Gasteiger partial charge < -0.3 is 19.9 Å². The van der Waals surface area contributed by atoms with Crippen molar-refractivity contribution in [3.05, 3.63) is 35.4 Å². The molecule has 1 aromatic carbocycles. The summed E-state index contributed by atoms with van der Waals surface area (Å²) in [5, 5.41) is 3.54. The molecule has 166 valence electrons. The summed E-state index contributed by atoms with van der Waals surface area (Å²) in [6.07, 6.45) is 1.63. The number of carbonyl (C=O) groups excluding carboxylic acids is 1. The van der Waals surface area contributed by atoms with E-state index in [9.17, 15) is 4.79 Å². The predicted octanol–water partition coefficient (Wildman–Crippen LogP) is 1.78. The average molecular weight is 416 g/mol. The molecular weight excluding hydrogens is 378 g/mol. The lowest BCUT2D eigenvalue weighted by Gasteiger charge is -2.34. The summed E-state index contributed by atoms with van der Waals surface area (Å²) < 4.78 is 4.89. The van der Waals surface area contributed by atoms with Crippen LogP contribution in [-0.2, 0) is 22.6 Å². The number of nitrogens with one attached hydrogen (secondary N) is 1. The standard InChI is InChI=1S/C23H37N5O2/c1-4-26-13-15-27(16-14-26)18-21-8-6-5-7-20(21)17-25-23(24-2)28-11-9-19(10-12-28)22(29)30-3/h5-8,19H,4,9-18H2,1-3H3,(H,24,25). The molecule has 0 saturated carbocycles. The first kappa shape index (κ1) is 22.6. The van der Waals surface area contributed by atoms with Crippen molar-refractivity contribution < 1.29 is 9.53 Å². The van der Waals surface area contributed by atoms with Gasteiger partial charge in [0.1, 0.15) is 0 Å². The molecule has 1 N–H and O–H groups in total. The zero-order valence-electron chi connectivity index (χ0n) is 18.8. The highest BCUT2D eigenvalue weighted by Crippen LogP contribution is 2.19. The summed E-state index contributed by atoms with van der Waals surface area (Å²) in [7, 11) is 3.30. The third kappa shape index (κ3) is 5.95. The molecule has 30 heavy (non-hydrogen) atoms. The summed E-state index contributed by atoms with van der Waals surface area (Å²) >= 11 is 0. The number of piperazine rings is 1. The van der Waals surface area contributed by atoms with E-state index in [-0.39, 0.29) is 11.9 Å². The van der Waals surface area contributed by atoms with Gasteiger partial charge in [-0.05, 0) is 30.5 Å². The van der Waals surface area contributed by atoms with Crippen LogP contribution in [-0.4, -0.2) is 86.6 Å². The Morgan fingerprint density at radius 2 is 1.70 bits per heavy atom. The molecule has 2 saturated heterocycles. The van der Waals surface area contributed by atoms with Gasteiger partial charge in [0.05, 0.1) is 13.0 Å². The Kier molecular flexibility index (Phi) is 8.51. The van der Waals surface area contributed by atoms with E-state index in [2.05, 4.69) is 56.2 Å². The van der Waals surface area contributed by atoms with Crippen LogP contribution in [0.1, 0.15) is 30.9 Å². The number of hydrogen-bond donors (Lipinski definition) is 1. The van der Waals surface area contributed by atoms with Gasteiger partial charge in [0.25, 0.3) is 0 Å². The van der Waals surface area contributed by atoms with Crippen LogP contribution in [0.4, 0.5) is 0 Å². The molecule has 3 rings (SSSR count). The molecule has 0 bridgehead atoms. The minimum atomic E-state index is -0.0914. The number of methoxy groups -OCH3 is 1. The Bertz CT molecular complexity index is 707. The Hall–Kier alpha value is -2.12. The molecule has 1 aromatic rings. The van der Waals surface area contributed by atoms with Crippen molar-refractivity contribution in [2.45, 2.75) is 32.9 Å². The number of ether oxygens (including phenoxy) is 1. The normalized spacial score (nSPS) is 19.7. The number of esters is 1. The minimum Gasteiger partial charge on any atom is -0.469 e. The van der Waals surface area contributed by atoms with E-state index in [0.717, 1.165) is 77.7 Å². The number of benzene rings is 1. The third-order valence-corrected chi connectivity index (χ3v) is 6.40. The van der Waals surface area contributed by atoms with E-state index in [1.807, 2.05) is 7.05 Å². The second-order valence-electron chi connectivity index (χ2n) is 8.16. The lowest BCUT2D eigenvalue weighted by Crippen LogP contribution is -2.46. The van der Waals surface area contributed by atoms with Crippen molar-refractivity contribution in [1.82, 2.24) is 20.0 Å². The highest BCUT2D eigenvalue weighted by atomic mass is 16.5. The minimum absolute atomic E-state index is 0.0123. The number of nitrogens with zero attached hydrogens (tertiary/aromatic N) is 4. The number of hydrogen-bond acceptors (Lipinski definition) is 5. The van der Waals surface area contributed by atoms with E-state index in [1.54, 1.807) is 0 Å². The Morgan fingerprint density at radius 3 is 2.30 bits per heavy atom. The topological polar surface area (TPSA) is 60.4 Å². The van der Waals surface area contributed by atoms with Crippen LogP contribution in [0.15, 0.2) is 29.3 Å². The number of guanidine groups is 1. The lowest BCUT2D eigenvalue weighted by atomic mass is 9.97. The summed E-state index contributed by atoms with van der Waals surface area (Å²) in [6, 6.07) is 8.70. The van der Waals surface area contributed by atoms with Gasteiger partial charge in [0.2, 0.25) is 0 Å². The van der Waals surface area contributed by atoms with Crippen LogP contribution in [0.2, 0.25) is 0 Å². The van der Waals surface area contributed by atoms with E-state index < -0.39 is 0 Å². The average Bonchev–Trinajstić information content (AvgIpc) is 2.81. The van der Waals surface area contributed by atoms with Crippen molar-refractivity contribution in [2.75, 3.05) is 60.0 Å². The van der Waals surface area contributed by atoms with Crippen molar-refractivity contribution in [2.24, 2.45) is 10.9 Å². The first-order valence-electron chi connectivity index (χ1n) is 11.2. The Morgan fingerprint density at radius 1 is 1.07 bits per heavy atom. The van der Waals surface area contributed by atoms with Crippen LogP contribution in [0.25, 0.3) is 0 Å². The number of carbonyl (C=O) groups is 1. The van der Waals surface area contributed by atoms with Crippen molar-refractivity contribution in [3.8, 4) is 0 Å². The maximum absolute atomic E-state index is 11.8. The van der Waals surface area contributed by atoms with Gasteiger partial charge in [0.15, 0.2) is 5.96 Å². The van der Waals surface area contributed by atoms with Crippen LogP contribution in [0.5, 0.6) is 0 Å². The fourth-order valence-corrected chi connectivity index (χ4v) is 4.39. The van der Waals surface area contributed by atoms with Crippen molar-refractivity contribution in [3.63, 3.8) is 0 Å². The van der Waals surface area contributed by atoms with E-state index in [0.29, 0.717) is 0 Å². The van der Waals surface area contributed by atoms with E-state index >= 15 is 0 Å². The van der Waals surface area contributed by atoms with Gasteiger partial charge in [-0.1, -0.05) is 31.2 Å². The Labute approximate surface area is 181 Å². The molecule has 0 spiro atoms. The fourth-order valence-electron chi connectivity index (χ4n) is 4.39. The SMILES string of the molecule is CCN1CCN(Cc2ccccc2CNC(=NC)N2CCC(C(=O)OC)CC2)CC1. The zero-order valence-corrected chi connectivity index (χ0v) is 18.8. The molecule has 2 heterocycles. The molecule has 0 aromatic heterocycles. The molecule has 2 fully saturated rings. The third-order valence-electron chi connectivity index (χ3n) is 6.40. The summed E-state index contributed by atoms with van der Waals surface area (Å²) in [6.45, 7) is 11.4. The number of rotatable bonds is 6. The number of aliphatic imine (C=N–C) groups is 1. The number of piperidine rings is 1. The molecule has 7 heteroatoms.